The van der Waals surface area contributed by atoms with Crippen LogP contribution in [-0.4, -0.2) is 54.6 Å². The second kappa shape index (κ2) is 7.63. The first-order valence-electron chi connectivity index (χ1n) is 7.44. The van der Waals surface area contributed by atoms with E-state index in [2.05, 4.69) is 15.9 Å². The number of ether oxygens (including phenoxy) is 1. The van der Waals surface area contributed by atoms with Gasteiger partial charge in [0.05, 0.1) is 12.2 Å². The van der Waals surface area contributed by atoms with Gasteiger partial charge >= 0.3 is 6.09 Å². The molecule has 1 saturated heterocycles. The highest BCUT2D eigenvalue weighted by Gasteiger charge is 2.26. The zero-order valence-electron chi connectivity index (χ0n) is 12.9. The number of carbonyl (C=O) groups excluding carboxylic acids is 2. The molecule has 1 aromatic rings. The molecule has 2 amide bonds. The van der Waals surface area contributed by atoms with Crippen molar-refractivity contribution in [2.24, 2.45) is 5.92 Å². The third kappa shape index (κ3) is 4.22. The lowest BCUT2D eigenvalue weighted by molar-refractivity contribution is 0.0534. The Hall–Kier alpha value is -1.56. The number of rotatable bonds is 3. The van der Waals surface area contributed by atoms with Gasteiger partial charge in [0.15, 0.2) is 0 Å². The maximum absolute atomic E-state index is 12.5. The number of nitrogens with zero attached hydrogens (tertiary/aromatic N) is 2. The average Bonchev–Trinajstić information content (AvgIpc) is 2.52. The van der Waals surface area contributed by atoms with Gasteiger partial charge in [-0.2, -0.15) is 0 Å². The lowest BCUT2D eigenvalue weighted by Crippen LogP contribution is -2.50. The zero-order chi connectivity index (χ0) is 16.1. The Balaban J connectivity index is 1.88. The molecule has 0 N–H and O–H groups in total. The molecule has 1 aliphatic rings. The van der Waals surface area contributed by atoms with Crippen LogP contribution in [0, 0.1) is 5.92 Å². The standard InChI is InChI=1S/C16H21BrN2O3/c1-12(2)11-22-16(21)19-9-7-18(8-10-19)15(20)13-5-3-4-6-14(13)17/h3-6,12H,7-11H2,1-2H3. The molecule has 0 bridgehead atoms. The van der Waals surface area contributed by atoms with Crippen molar-refractivity contribution >= 4 is 27.9 Å². The monoisotopic (exact) mass is 368 g/mol. The summed E-state index contributed by atoms with van der Waals surface area (Å²) < 4.78 is 6.01. The SMILES string of the molecule is CC(C)COC(=O)N1CCN(C(=O)c2ccccc2Br)CC1. The molecule has 0 saturated carbocycles. The Morgan fingerprint density at radius 2 is 1.73 bits per heavy atom. The van der Waals surface area contributed by atoms with Gasteiger partial charge in [0.25, 0.3) is 5.91 Å². The first-order chi connectivity index (χ1) is 10.5. The third-order valence-corrected chi connectivity index (χ3v) is 4.16. The summed E-state index contributed by atoms with van der Waals surface area (Å²) in [6.07, 6.45) is -0.290. The highest BCUT2D eigenvalue weighted by molar-refractivity contribution is 9.10. The third-order valence-electron chi connectivity index (χ3n) is 3.47. The zero-order valence-corrected chi connectivity index (χ0v) is 14.5. The Morgan fingerprint density at radius 3 is 2.32 bits per heavy atom. The first-order valence-corrected chi connectivity index (χ1v) is 8.24. The quantitative estimate of drug-likeness (QED) is 0.823. The van der Waals surface area contributed by atoms with Crippen LogP contribution in [0.1, 0.15) is 24.2 Å². The van der Waals surface area contributed by atoms with Crippen LogP contribution >= 0.6 is 15.9 Å². The van der Waals surface area contributed by atoms with Gasteiger partial charge in [0, 0.05) is 30.7 Å². The first kappa shape index (κ1) is 16.8. The van der Waals surface area contributed by atoms with Crippen molar-refractivity contribution in [2.45, 2.75) is 13.8 Å². The van der Waals surface area contributed by atoms with E-state index in [-0.39, 0.29) is 12.0 Å². The van der Waals surface area contributed by atoms with E-state index in [9.17, 15) is 9.59 Å². The van der Waals surface area contributed by atoms with Gasteiger partial charge in [-0.15, -0.1) is 0 Å². The molecule has 0 radical (unpaired) electrons. The van der Waals surface area contributed by atoms with E-state index in [1.807, 2.05) is 32.0 Å². The van der Waals surface area contributed by atoms with Crippen LogP contribution in [0.3, 0.4) is 0 Å². The number of hydrogen-bond donors (Lipinski definition) is 0. The summed E-state index contributed by atoms with van der Waals surface area (Å²) >= 11 is 3.40. The molecule has 1 heterocycles. The molecule has 0 aromatic heterocycles. The summed E-state index contributed by atoms with van der Waals surface area (Å²) in [5, 5.41) is 0. The van der Waals surface area contributed by atoms with Crippen molar-refractivity contribution in [3.8, 4) is 0 Å². The van der Waals surface area contributed by atoms with Crippen LogP contribution in [0.15, 0.2) is 28.7 Å². The molecular formula is C16H21BrN2O3. The lowest BCUT2D eigenvalue weighted by Gasteiger charge is -2.34. The van der Waals surface area contributed by atoms with Gasteiger partial charge in [-0.25, -0.2) is 4.79 Å². The van der Waals surface area contributed by atoms with Crippen molar-refractivity contribution in [2.75, 3.05) is 32.8 Å². The smallest absolute Gasteiger partial charge is 0.409 e. The molecule has 0 spiro atoms. The van der Waals surface area contributed by atoms with Crippen LogP contribution in [0.5, 0.6) is 0 Å². The highest BCUT2D eigenvalue weighted by atomic mass is 79.9. The Morgan fingerprint density at radius 1 is 1.14 bits per heavy atom. The maximum Gasteiger partial charge on any atom is 0.409 e. The van der Waals surface area contributed by atoms with E-state index in [0.29, 0.717) is 44.3 Å². The average molecular weight is 369 g/mol. The van der Waals surface area contributed by atoms with Crippen molar-refractivity contribution in [1.82, 2.24) is 9.80 Å². The van der Waals surface area contributed by atoms with Crippen LogP contribution in [0.4, 0.5) is 4.79 Å². The number of hydrogen-bond acceptors (Lipinski definition) is 3. The molecule has 6 heteroatoms. The van der Waals surface area contributed by atoms with Crippen LogP contribution in [0.2, 0.25) is 0 Å². The van der Waals surface area contributed by atoms with Gasteiger partial charge in [0.1, 0.15) is 0 Å². The molecule has 2 rings (SSSR count). The molecule has 120 valence electrons. The summed E-state index contributed by atoms with van der Waals surface area (Å²) in [7, 11) is 0. The summed E-state index contributed by atoms with van der Waals surface area (Å²) in [6, 6.07) is 7.38. The van der Waals surface area contributed by atoms with Crippen LogP contribution < -0.4 is 0 Å². The van der Waals surface area contributed by atoms with E-state index < -0.39 is 0 Å². The number of carbonyl (C=O) groups is 2. The molecule has 1 fully saturated rings. The fourth-order valence-corrected chi connectivity index (χ4v) is 2.68. The molecule has 22 heavy (non-hydrogen) atoms. The summed E-state index contributed by atoms with van der Waals surface area (Å²) in [5.74, 6) is 0.310. The summed E-state index contributed by atoms with van der Waals surface area (Å²) in [4.78, 5) is 27.8. The minimum absolute atomic E-state index is 0.0114. The number of piperazine rings is 1. The van der Waals surface area contributed by atoms with Gasteiger partial charge < -0.3 is 14.5 Å². The molecular weight excluding hydrogens is 348 g/mol. The maximum atomic E-state index is 12.5. The van der Waals surface area contributed by atoms with Gasteiger partial charge in [-0.05, 0) is 34.0 Å². The van der Waals surface area contributed by atoms with E-state index in [1.165, 1.54) is 0 Å². The van der Waals surface area contributed by atoms with Crippen molar-refractivity contribution in [3.63, 3.8) is 0 Å². The van der Waals surface area contributed by atoms with Crippen LogP contribution in [-0.2, 0) is 4.74 Å². The van der Waals surface area contributed by atoms with Crippen molar-refractivity contribution in [3.05, 3.63) is 34.3 Å². The van der Waals surface area contributed by atoms with Gasteiger partial charge in [-0.1, -0.05) is 26.0 Å². The Labute approximate surface area is 139 Å². The molecule has 1 aromatic carbocycles. The minimum atomic E-state index is -0.290. The lowest BCUT2D eigenvalue weighted by atomic mass is 10.2. The van der Waals surface area contributed by atoms with Crippen molar-refractivity contribution in [1.29, 1.82) is 0 Å². The molecule has 0 unspecified atom stereocenters. The fraction of sp³-hybridized carbons (Fsp3) is 0.500. The van der Waals surface area contributed by atoms with E-state index in [0.717, 1.165) is 4.47 Å². The molecule has 0 aliphatic carbocycles. The molecule has 5 nitrogen and oxygen atoms in total. The Bertz CT molecular complexity index is 540. The second-order valence-corrected chi connectivity index (χ2v) is 6.58. The molecule has 1 aliphatic heterocycles. The topological polar surface area (TPSA) is 49.9 Å². The van der Waals surface area contributed by atoms with Crippen molar-refractivity contribution < 1.29 is 14.3 Å². The highest BCUT2D eigenvalue weighted by Crippen LogP contribution is 2.18. The predicted molar refractivity (Wildman–Crippen MR) is 87.8 cm³/mol. The number of amides is 2. The summed E-state index contributed by atoms with van der Waals surface area (Å²) in [5.41, 5.74) is 0.651. The Kier molecular flexibility index (Phi) is 5.83. The van der Waals surface area contributed by atoms with E-state index >= 15 is 0 Å². The minimum Gasteiger partial charge on any atom is -0.449 e. The summed E-state index contributed by atoms with van der Waals surface area (Å²) in [6.45, 7) is 6.49. The predicted octanol–water partition coefficient (Wildman–Crippen LogP) is 3.00. The van der Waals surface area contributed by atoms with Crippen LogP contribution in [0.25, 0.3) is 0 Å². The number of benzene rings is 1. The number of halogens is 1. The van der Waals surface area contributed by atoms with Gasteiger partial charge in [0.2, 0.25) is 0 Å². The fourth-order valence-electron chi connectivity index (χ4n) is 2.23. The van der Waals surface area contributed by atoms with Gasteiger partial charge in [-0.3, -0.25) is 4.79 Å². The largest absolute Gasteiger partial charge is 0.449 e. The normalized spacial score (nSPS) is 15.1. The second-order valence-electron chi connectivity index (χ2n) is 5.73. The molecule has 0 atom stereocenters. The van der Waals surface area contributed by atoms with E-state index in [4.69, 9.17) is 4.74 Å². The van der Waals surface area contributed by atoms with E-state index in [1.54, 1.807) is 15.9 Å².